The molecule has 0 bridgehead atoms. The van der Waals surface area contributed by atoms with Gasteiger partial charge in [0.05, 0.1) is 0 Å². The lowest BCUT2D eigenvalue weighted by Crippen LogP contribution is -2.21. The summed E-state index contributed by atoms with van der Waals surface area (Å²) in [5, 5.41) is 0. The third-order valence-corrected chi connectivity index (χ3v) is 2.81. The smallest absolute Gasteiger partial charge is 0.0196 e. The maximum absolute atomic E-state index is 2.62. The highest BCUT2D eigenvalue weighted by Gasteiger charge is 2.30. The van der Waals surface area contributed by atoms with Crippen molar-refractivity contribution in [3.63, 3.8) is 0 Å². The van der Waals surface area contributed by atoms with E-state index in [9.17, 15) is 0 Å². The van der Waals surface area contributed by atoms with Gasteiger partial charge < -0.3 is 0 Å². The molecule has 0 saturated carbocycles. The van der Waals surface area contributed by atoms with E-state index in [0.717, 1.165) is 6.04 Å². The summed E-state index contributed by atoms with van der Waals surface area (Å²) < 4.78 is 0. The van der Waals surface area contributed by atoms with Crippen molar-refractivity contribution in [2.45, 2.75) is 32.2 Å². The molecule has 2 saturated heterocycles. The van der Waals surface area contributed by atoms with Gasteiger partial charge in [0.1, 0.15) is 0 Å². The molecule has 0 N–H and O–H groups in total. The molecule has 0 aromatic rings. The molecule has 0 spiro atoms. The lowest BCUT2D eigenvalue weighted by Gasteiger charge is -2.11. The molecular formula is C9H15N. The third kappa shape index (κ3) is 0.891. The van der Waals surface area contributed by atoms with Gasteiger partial charge in [-0.15, -0.1) is 0 Å². The number of hydrogen-bond donors (Lipinski definition) is 0. The molecule has 1 nitrogen and oxygen atoms in total. The van der Waals surface area contributed by atoms with Crippen LogP contribution in [-0.4, -0.2) is 24.0 Å². The normalized spacial score (nSPS) is 37.3. The fourth-order valence-corrected chi connectivity index (χ4v) is 2.17. The van der Waals surface area contributed by atoms with Gasteiger partial charge in [0.2, 0.25) is 0 Å². The van der Waals surface area contributed by atoms with E-state index in [4.69, 9.17) is 0 Å². The molecule has 2 fully saturated rings. The van der Waals surface area contributed by atoms with Gasteiger partial charge in [-0.2, -0.15) is 0 Å². The summed E-state index contributed by atoms with van der Waals surface area (Å²) in [5.41, 5.74) is 1.66. The summed E-state index contributed by atoms with van der Waals surface area (Å²) in [7, 11) is 0. The summed E-state index contributed by atoms with van der Waals surface area (Å²) in [5.74, 6) is 0. The minimum absolute atomic E-state index is 0.922. The Morgan fingerprint density at radius 3 is 3.20 bits per heavy atom. The maximum atomic E-state index is 2.62. The Kier molecular flexibility index (Phi) is 1.53. The molecule has 2 aliphatic heterocycles. The average molecular weight is 137 g/mol. The van der Waals surface area contributed by atoms with Crippen LogP contribution in [0.3, 0.4) is 0 Å². The first-order valence-electron chi connectivity index (χ1n) is 4.28. The quantitative estimate of drug-likeness (QED) is 0.460. The molecule has 2 heterocycles. The Morgan fingerprint density at radius 1 is 1.60 bits per heavy atom. The summed E-state index contributed by atoms with van der Waals surface area (Å²) in [4.78, 5) is 2.62. The Bertz CT molecular complexity index is 146. The topological polar surface area (TPSA) is 3.24 Å². The molecule has 0 radical (unpaired) electrons. The Hall–Kier alpha value is -0.300. The molecule has 0 amide bonds. The molecule has 0 aromatic carbocycles. The van der Waals surface area contributed by atoms with E-state index >= 15 is 0 Å². The van der Waals surface area contributed by atoms with Gasteiger partial charge in [-0.05, 0) is 32.7 Å². The van der Waals surface area contributed by atoms with E-state index in [1.165, 1.54) is 32.4 Å². The highest BCUT2D eigenvalue weighted by Crippen LogP contribution is 2.30. The number of hydrogen-bond acceptors (Lipinski definition) is 1. The van der Waals surface area contributed by atoms with E-state index < -0.39 is 0 Å². The van der Waals surface area contributed by atoms with Crippen LogP contribution in [0.1, 0.15) is 26.2 Å². The Balaban J connectivity index is 2.07. The van der Waals surface area contributed by atoms with Gasteiger partial charge in [-0.25, -0.2) is 0 Å². The van der Waals surface area contributed by atoms with Crippen molar-refractivity contribution in [3.05, 3.63) is 11.6 Å². The van der Waals surface area contributed by atoms with Crippen LogP contribution in [0.4, 0.5) is 0 Å². The molecule has 2 aliphatic rings. The monoisotopic (exact) mass is 137 g/mol. The van der Waals surface area contributed by atoms with Crippen LogP contribution in [0, 0.1) is 0 Å². The minimum atomic E-state index is 0.922. The van der Waals surface area contributed by atoms with Gasteiger partial charge in [0, 0.05) is 12.6 Å². The third-order valence-electron chi connectivity index (χ3n) is 2.81. The first kappa shape index (κ1) is 6.41. The van der Waals surface area contributed by atoms with Crippen LogP contribution in [0.2, 0.25) is 0 Å². The number of nitrogens with zero attached hydrogens (tertiary/aromatic N) is 1. The zero-order chi connectivity index (χ0) is 6.97. The second-order valence-electron chi connectivity index (χ2n) is 3.42. The van der Waals surface area contributed by atoms with Crippen molar-refractivity contribution in [2.75, 3.05) is 13.1 Å². The molecule has 1 atom stereocenters. The largest absolute Gasteiger partial charge is 0.296 e. The zero-order valence-electron chi connectivity index (χ0n) is 6.64. The summed E-state index contributed by atoms with van der Waals surface area (Å²) >= 11 is 0. The summed E-state index contributed by atoms with van der Waals surface area (Å²) in [6.45, 7) is 4.78. The molecule has 0 aromatic heterocycles. The van der Waals surface area contributed by atoms with Crippen molar-refractivity contribution in [1.29, 1.82) is 0 Å². The van der Waals surface area contributed by atoms with Gasteiger partial charge in [-0.1, -0.05) is 11.6 Å². The highest BCUT2D eigenvalue weighted by molar-refractivity contribution is 5.13. The second-order valence-corrected chi connectivity index (χ2v) is 3.42. The lowest BCUT2D eigenvalue weighted by atomic mass is 10.1. The average Bonchev–Trinajstić information content (AvgIpc) is 2.42. The fourth-order valence-electron chi connectivity index (χ4n) is 2.17. The predicted molar refractivity (Wildman–Crippen MR) is 43.0 cm³/mol. The van der Waals surface area contributed by atoms with Gasteiger partial charge in [0.15, 0.2) is 0 Å². The Morgan fingerprint density at radius 2 is 2.50 bits per heavy atom. The molecule has 0 unspecified atom stereocenters. The molecule has 2 rings (SSSR count). The number of rotatable bonds is 0. The van der Waals surface area contributed by atoms with E-state index in [0.29, 0.717) is 0 Å². The lowest BCUT2D eigenvalue weighted by molar-refractivity contribution is 0.327. The SMILES string of the molecule is C/C=C1/C[C@@H]2CCCN2C1. The molecule has 1 heteroatoms. The van der Waals surface area contributed by atoms with E-state index in [-0.39, 0.29) is 0 Å². The minimum Gasteiger partial charge on any atom is -0.296 e. The molecule has 10 heavy (non-hydrogen) atoms. The van der Waals surface area contributed by atoms with Crippen molar-refractivity contribution in [2.24, 2.45) is 0 Å². The molecule has 0 aliphatic carbocycles. The van der Waals surface area contributed by atoms with Gasteiger partial charge >= 0.3 is 0 Å². The Labute approximate surface area is 62.7 Å². The first-order chi connectivity index (χ1) is 4.90. The van der Waals surface area contributed by atoms with E-state index in [2.05, 4.69) is 17.9 Å². The summed E-state index contributed by atoms with van der Waals surface area (Å²) in [6.07, 6.45) is 6.52. The van der Waals surface area contributed by atoms with Gasteiger partial charge in [0.25, 0.3) is 0 Å². The number of fused-ring (bicyclic) bond motifs is 1. The standard InChI is InChI=1S/C9H15N/c1-2-8-6-9-4-3-5-10(9)7-8/h2,9H,3-7H2,1H3/b8-2-/t9-/m0/s1. The zero-order valence-corrected chi connectivity index (χ0v) is 6.64. The fraction of sp³-hybridized carbons (Fsp3) is 0.778. The highest BCUT2D eigenvalue weighted by atomic mass is 15.2. The van der Waals surface area contributed by atoms with Crippen LogP contribution in [0.15, 0.2) is 11.6 Å². The number of allylic oxidation sites excluding steroid dienone is 1. The van der Waals surface area contributed by atoms with Crippen molar-refractivity contribution < 1.29 is 0 Å². The maximum Gasteiger partial charge on any atom is 0.0196 e. The molecule has 56 valence electrons. The van der Waals surface area contributed by atoms with Crippen LogP contribution in [-0.2, 0) is 0 Å². The van der Waals surface area contributed by atoms with Crippen molar-refractivity contribution >= 4 is 0 Å². The molecular weight excluding hydrogens is 122 g/mol. The van der Waals surface area contributed by atoms with Crippen molar-refractivity contribution in [1.82, 2.24) is 4.90 Å². The van der Waals surface area contributed by atoms with E-state index in [1.807, 2.05) is 0 Å². The first-order valence-corrected chi connectivity index (χ1v) is 4.28. The second kappa shape index (κ2) is 2.39. The van der Waals surface area contributed by atoms with Gasteiger partial charge in [-0.3, -0.25) is 4.90 Å². The van der Waals surface area contributed by atoms with E-state index in [1.54, 1.807) is 5.57 Å². The predicted octanol–water partition coefficient (Wildman–Crippen LogP) is 1.80. The summed E-state index contributed by atoms with van der Waals surface area (Å²) in [6, 6.07) is 0.922. The van der Waals surface area contributed by atoms with Crippen LogP contribution >= 0.6 is 0 Å². The van der Waals surface area contributed by atoms with Crippen LogP contribution in [0.25, 0.3) is 0 Å². The van der Waals surface area contributed by atoms with Crippen LogP contribution < -0.4 is 0 Å². The van der Waals surface area contributed by atoms with Crippen molar-refractivity contribution in [3.8, 4) is 0 Å². The van der Waals surface area contributed by atoms with Crippen LogP contribution in [0.5, 0.6) is 0 Å².